The molecule has 7 aromatic carbocycles. The Morgan fingerprint density at radius 2 is 0.615 bits per heavy atom. The number of aromatic nitrogens is 20. The van der Waals surface area contributed by atoms with Gasteiger partial charge < -0.3 is 55.0 Å². The van der Waals surface area contributed by atoms with Gasteiger partial charge in [-0.3, -0.25) is 23.4 Å². The van der Waals surface area contributed by atoms with Gasteiger partial charge in [-0.1, -0.05) is 74.0 Å². The van der Waals surface area contributed by atoms with Gasteiger partial charge in [0.05, 0.1) is 40.1 Å². The molecule has 1 aliphatic rings. The van der Waals surface area contributed by atoms with Crippen molar-refractivity contribution in [1.82, 2.24) is 98.7 Å². The summed E-state index contributed by atoms with van der Waals surface area (Å²) in [6.45, 7) is 6.53. The number of benzene rings is 7. The Morgan fingerprint density at radius 3 is 0.919 bits per heavy atom. The molecule has 1 fully saturated rings. The van der Waals surface area contributed by atoms with Crippen molar-refractivity contribution in [2.75, 3.05) is 39.8 Å². The van der Waals surface area contributed by atoms with E-state index in [0.29, 0.717) is 104 Å². The molecule has 1 saturated heterocycles. The lowest BCUT2D eigenvalue weighted by Gasteiger charge is -2.10. The van der Waals surface area contributed by atoms with Gasteiger partial charge in [0, 0.05) is 98.5 Å². The first kappa shape index (κ1) is 95.2. The Hall–Kier alpha value is -15.9. The van der Waals surface area contributed by atoms with Crippen LogP contribution in [-0.2, 0) is 43.9 Å². The van der Waals surface area contributed by atoms with E-state index in [1.54, 1.807) is 9.36 Å². The van der Waals surface area contributed by atoms with Crippen LogP contribution in [0.1, 0.15) is 44.2 Å². The van der Waals surface area contributed by atoms with Gasteiger partial charge in [-0.2, -0.15) is 25.5 Å². The Bertz CT molecular complexity index is 6700. The minimum Gasteiger partial charge on any atom is -0.406 e. The number of ether oxygens (including phenoxy) is 6. The third-order valence-corrected chi connectivity index (χ3v) is 18.9. The molecule has 702 valence electrons. The van der Waals surface area contributed by atoms with E-state index >= 15 is 0 Å². The highest BCUT2D eigenvalue weighted by Gasteiger charge is 2.35. The van der Waals surface area contributed by atoms with Gasteiger partial charge in [-0.05, 0) is 152 Å². The fraction of sp³-hybridized carbons (Fsp3) is 0.230. The topological polar surface area (TPSA) is 334 Å². The molecule has 0 radical (unpaired) electrons. The summed E-state index contributed by atoms with van der Waals surface area (Å²) in [5.74, 6) is -1.66. The number of aryl methyl sites for hydroxylation is 3. The number of hydrogen-bond acceptors (Lipinski definition) is 26. The average molecular weight is 1890 g/mol. The van der Waals surface area contributed by atoms with Crippen molar-refractivity contribution >= 4 is 113 Å². The maximum Gasteiger partial charge on any atom is 0.573 e. The zero-order valence-corrected chi connectivity index (χ0v) is 70.3. The molecule has 10 aromatic heterocycles. The summed E-state index contributed by atoms with van der Waals surface area (Å²) in [6.07, 6.45) is -4.24. The zero-order chi connectivity index (χ0) is 95.5. The van der Waals surface area contributed by atoms with E-state index in [1.807, 2.05) is 82.7 Å². The molecule has 0 spiro atoms. The molecule has 0 saturated carbocycles. The van der Waals surface area contributed by atoms with Gasteiger partial charge in [0.25, 0.3) is 5.92 Å². The van der Waals surface area contributed by atoms with Crippen LogP contribution in [0.25, 0.3) is 55.2 Å². The van der Waals surface area contributed by atoms with Gasteiger partial charge in [0.2, 0.25) is 0 Å². The van der Waals surface area contributed by atoms with Crippen LogP contribution in [-0.4, -0.2) is 150 Å². The van der Waals surface area contributed by atoms with Crippen LogP contribution in [0.2, 0.25) is 0 Å². The summed E-state index contributed by atoms with van der Waals surface area (Å²) in [7, 11) is 0. The molecule has 5 N–H and O–H groups in total. The van der Waals surface area contributed by atoms with Gasteiger partial charge in [0.15, 0.2) is 28.2 Å². The first-order chi connectivity index (χ1) is 64.4. The summed E-state index contributed by atoms with van der Waals surface area (Å²) in [5.41, 5.74) is 7.37. The van der Waals surface area contributed by atoms with Crippen molar-refractivity contribution in [3.05, 3.63) is 256 Å². The number of hydrogen-bond donors (Lipinski definition) is 5. The van der Waals surface area contributed by atoms with Gasteiger partial charge in [0.1, 0.15) is 96.0 Å². The summed E-state index contributed by atoms with van der Waals surface area (Å²) in [6, 6.07) is 46.6. The normalized spacial score (nSPS) is 12.9. The quantitative estimate of drug-likeness (QED) is 0.0299. The van der Waals surface area contributed by atoms with E-state index < -0.39 is 44.3 Å². The van der Waals surface area contributed by atoms with Crippen molar-refractivity contribution in [2.24, 2.45) is 5.92 Å². The predicted molar refractivity (Wildman–Crippen MR) is 459 cm³/mol. The number of rotatable bonds is 27. The van der Waals surface area contributed by atoms with Crippen molar-refractivity contribution in [1.29, 1.82) is 0 Å². The van der Waals surface area contributed by atoms with Crippen LogP contribution in [0.3, 0.4) is 0 Å². The van der Waals surface area contributed by atoms with Crippen molar-refractivity contribution in [3.8, 4) is 28.7 Å². The molecule has 17 aromatic rings. The Balaban J connectivity index is 0.000000135. The summed E-state index contributed by atoms with van der Waals surface area (Å²) < 4.78 is 243. The van der Waals surface area contributed by atoms with Crippen LogP contribution >= 0.6 is 0 Å². The molecule has 18 rings (SSSR count). The highest BCUT2D eigenvalue weighted by Crippen LogP contribution is 2.35. The molecule has 135 heavy (non-hydrogen) atoms. The lowest BCUT2D eigenvalue weighted by molar-refractivity contribution is -0.275. The lowest BCUT2D eigenvalue weighted by Crippen LogP contribution is -2.19. The molecule has 11 heterocycles. The fourth-order valence-corrected chi connectivity index (χ4v) is 13.0. The molecule has 1 atom stereocenters. The van der Waals surface area contributed by atoms with Crippen LogP contribution in [0.5, 0.6) is 28.7 Å². The highest BCUT2D eigenvalue weighted by atomic mass is 19.4. The standard InChI is InChI=1S/C20H16F3N5O.C19H14F3N5O.C17H16F3N5O2.C16H16F3N5O.C15H12F5N5O/c21-20(22,23)29-16-8-6-15(7-9-16)26-18-17-12-28(27-19(17)25-13-24-18)11-10-14-4-2-1-3-5-14;20-19(21,22)28-15-8-6-14(7-9-15)25-17-16-11-27(26-18(16)24-12-23-17)10-13-4-2-1-3-5-13;18-17(19,20)27-13-3-1-12(2-4-13)23-15-14-8-25(7-11-5-6-26-9-11)24-16(14)22-10-21-15;1-2-3-8-24-9-13-14(20-10-21-15(13)23-24)22-11-4-6-12(7-5-11)25-16(17,18)19;1-14(16,17)7-25-6-11-12(21-8-22-13(11)24-25)23-9-2-4-10(5-3-9)26-15(18,19)20/h1-9,12-13H,10-11H2,(H,24,25,26,27);1-9,11-12H,10H2,(H,23,24,25,26);1-4,8,10-11H,5-7,9H2,(H,21,22,23,24);4-7,9-10H,2-3,8H2,1H3,(H,20,21,22,23);2-6,8H,7H2,1H3,(H,21,22,23,24). The number of alkyl halides is 17. The summed E-state index contributed by atoms with van der Waals surface area (Å²) in [5, 5.41) is 40.2. The van der Waals surface area contributed by atoms with Gasteiger partial charge in [-0.15, -0.1) is 65.9 Å². The van der Waals surface area contributed by atoms with Gasteiger partial charge >= 0.3 is 31.8 Å². The molecule has 0 amide bonds. The predicted octanol–water partition coefficient (Wildman–Crippen LogP) is 21.1. The average Bonchev–Trinajstić information content (AvgIpc) is 1.68. The number of nitrogens with one attached hydrogen (secondary N) is 5. The first-order valence-electron chi connectivity index (χ1n) is 40.5. The number of unbranched alkanes of at least 4 members (excludes halogenated alkanes) is 1. The van der Waals surface area contributed by atoms with Crippen LogP contribution < -0.4 is 50.3 Å². The molecular weight excluding hydrogens is 1810 g/mol. The Labute approximate surface area is 751 Å². The fourth-order valence-electron chi connectivity index (χ4n) is 13.0. The molecule has 1 aliphatic heterocycles. The van der Waals surface area contributed by atoms with E-state index in [9.17, 15) is 74.6 Å². The van der Waals surface area contributed by atoms with Crippen molar-refractivity contribution in [2.45, 2.75) is 110 Å². The maximum atomic E-state index is 13.1. The third kappa shape index (κ3) is 29.0. The molecule has 31 nitrogen and oxygen atoms in total. The Morgan fingerprint density at radius 1 is 0.333 bits per heavy atom. The zero-order valence-electron chi connectivity index (χ0n) is 70.3. The lowest BCUT2D eigenvalue weighted by atomic mass is 10.1. The van der Waals surface area contributed by atoms with Crippen molar-refractivity contribution < 1.29 is 103 Å². The molecular formula is C87H74F17N25O6. The number of nitrogens with zero attached hydrogens (tertiary/aromatic N) is 20. The SMILES string of the molecule is CC(F)(F)Cn1cc2c(Nc3ccc(OC(F)(F)F)cc3)ncnc2n1.CCCCn1cc2c(Nc3ccc(OC(F)(F)F)cc3)ncnc2n1.FC(F)(F)Oc1ccc(Nc2ncnc3nn(CC4CCOC4)cc23)cc1.FC(F)(F)Oc1ccc(Nc2ncnc3nn(CCc4ccccc4)cc23)cc1.FC(F)(F)Oc1ccc(Nc2ncnc3nn(Cc4ccccc4)cc23)cc1. The minimum absolute atomic E-state index is 0.212. The first-order valence-corrected chi connectivity index (χ1v) is 40.5. The van der Waals surface area contributed by atoms with Crippen LogP contribution in [0.4, 0.5) is 132 Å². The van der Waals surface area contributed by atoms with Gasteiger partial charge in [-0.25, -0.2) is 58.6 Å². The van der Waals surface area contributed by atoms with E-state index in [2.05, 4.69) is 145 Å². The van der Waals surface area contributed by atoms with E-state index in [4.69, 9.17) is 4.74 Å². The second-order valence-corrected chi connectivity index (χ2v) is 29.4. The second-order valence-electron chi connectivity index (χ2n) is 29.4. The summed E-state index contributed by atoms with van der Waals surface area (Å²) in [4.78, 5) is 41.5. The highest BCUT2D eigenvalue weighted by molar-refractivity contribution is 5.91. The molecule has 1 unspecified atom stereocenters. The number of halogens is 17. The minimum atomic E-state index is -4.77. The number of anilines is 10. The van der Waals surface area contributed by atoms with E-state index in [1.165, 1.54) is 153 Å². The van der Waals surface area contributed by atoms with E-state index in [-0.39, 0.29) is 40.2 Å². The number of fused-ring (bicyclic) bond motifs is 5. The monoisotopic (exact) mass is 1890 g/mol. The van der Waals surface area contributed by atoms with E-state index in [0.717, 1.165) is 97.4 Å². The molecule has 0 bridgehead atoms. The van der Waals surface area contributed by atoms with Crippen molar-refractivity contribution in [3.63, 3.8) is 0 Å². The van der Waals surface area contributed by atoms with Crippen LogP contribution in [0.15, 0.2) is 245 Å². The largest absolute Gasteiger partial charge is 0.573 e. The molecule has 48 heteroatoms. The van der Waals surface area contributed by atoms with Crippen LogP contribution in [0, 0.1) is 5.92 Å². The molecule has 0 aliphatic carbocycles. The maximum absolute atomic E-state index is 13.1. The smallest absolute Gasteiger partial charge is 0.406 e. The Kier molecular flexibility index (Phi) is 29.7. The summed E-state index contributed by atoms with van der Waals surface area (Å²) >= 11 is 0. The second kappa shape index (κ2) is 42.1. The third-order valence-electron chi connectivity index (χ3n) is 18.9.